The molecule has 0 unspecified atom stereocenters. The molecule has 0 aliphatic rings. The fraction of sp³-hybridized carbons (Fsp3) is 0.462. The van der Waals surface area contributed by atoms with Crippen LogP contribution in [0.5, 0.6) is 0 Å². The molecule has 0 saturated carbocycles. The third kappa shape index (κ3) is 3.54. The van der Waals surface area contributed by atoms with E-state index in [1.54, 1.807) is 16.4 Å². The van der Waals surface area contributed by atoms with Gasteiger partial charge in [0.1, 0.15) is 0 Å². The summed E-state index contributed by atoms with van der Waals surface area (Å²) in [6.45, 7) is 7.58. The number of aryl methyl sites for hydroxylation is 2. The molecule has 1 aromatic carbocycles. The maximum Gasteiger partial charge on any atom is 0.214 e. The van der Waals surface area contributed by atoms with Crippen molar-refractivity contribution < 1.29 is 4.74 Å². The molecule has 1 heterocycles. The number of thioether (sulfide) groups is 1. The van der Waals surface area contributed by atoms with Gasteiger partial charge in [-0.2, -0.15) is 4.68 Å². The number of hydrogen-bond donors (Lipinski definition) is 0. The molecule has 6 heteroatoms. The average molecular weight is 278 g/mol. The summed E-state index contributed by atoms with van der Waals surface area (Å²) in [7, 11) is 0. The number of hydrogen-bond acceptors (Lipinski definition) is 5. The van der Waals surface area contributed by atoms with Crippen molar-refractivity contribution in [1.82, 2.24) is 20.2 Å². The molecule has 0 aliphatic heterocycles. The van der Waals surface area contributed by atoms with Gasteiger partial charge in [0, 0.05) is 12.4 Å². The van der Waals surface area contributed by atoms with Crippen molar-refractivity contribution >= 4 is 11.8 Å². The SMILES string of the molecule is CCOCCSc1nnnn1-c1ccc(C)cc1C. The highest BCUT2D eigenvalue weighted by molar-refractivity contribution is 7.99. The Morgan fingerprint density at radius 3 is 2.89 bits per heavy atom. The van der Waals surface area contributed by atoms with Gasteiger partial charge < -0.3 is 4.74 Å². The molecule has 102 valence electrons. The summed E-state index contributed by atoms with van der Waals surface area (Å²) in [6.07, 6.45) is 0. The monoisotopic (exact) mass is 278 g/mol. The second kappa shape index (κ2) is 6.68. The first kappa shape index (κ1) is 14.0. The molecule has 0 amide bonds. The Kier molecular flexibility index (Phi) is 4.93. The molecule has 0 saturated heterocycles. The molecule has 0 bridgehead atoms. The summed E-state index contributed by atoms with van der Waals surface area (Å²) < 4.78 is 7.10. The summed E-state index contributed by atoms with van der Waals surface area (Å²) in [5, 5.41) is 12.7. The number of nitrogens with zero attached hydrogens (tertiary/aromatic N) is 4. The van der Waals surface area contributed by atoms with Crippen LogP contribution in [0.3, 0.4) is 0 Å². The summed E-state index contributed by atoms with van der Waals surface area (Å²) >= 11 is 1.60. The molecule has 0 atom stereocenters. The van der Waals surface area contributed by atoms with E-state index in [2.05, 4.69) is 41.5 Å². The molecule has 0 fully saturated rings. The first-order valence-corrected chi connectivity index (χ1v) is 7.27. The van der Waals surface area contributed by atoms with Crippen molar-refractivity contribution in [3.05, 3.63) is 29.3 Å². The molecule has 1 aromatic heterocycles. The Morgan fingerprint density at radius 2 is 2.16 bits per heavy atom. The standard InChI is InChI=1S/C13H18N4OS/c1-4-18-7-8-19-13-14-15-16-17(13)12-6-5-10(2)9-11(12)3/h5-6,9H,4,7-8H2,1-3H3. The Balaban J connectivity index is 2.14. The van der Waals surface area contributed by atoms with Gasteiger partial charge in [0.15, 0.2) is 0 Å². The van der Waals surface area contributed by atoms with Gasteiger partial charge in [-0.3, -0.25) is 0 Å². The lowest BCUT2D eigenvalue weighted by Gasteiger charge is -2.08. The Labute approximate surface area is 117 Å². The molecule has 0 aliphatic carbocycles. The second-order valence-corrected chi connectivity index (χ2v) is 5.27. The number of ether oxygens (including phenoxy) is 1. The van der Waals surface area contributed by atoms with Gasteiger partial charge in [0.25, 0.3) is 0 Å². The first-order valence-electron chi connectivity index (χ1n) is 6.29. The fourth-order valence-corrected chi connectivity index (χ4v) is 2.53. The molecule has 0 spiro atoms. The average Bonchev–Trinajstić information content (AvgIpc) is 2.83. The van der Waals surface area contributed by atoms with Gasteiger partial charge in [0.2, 0.25) is 5.16 Å². The number of tetrazole rings is 1. The zero-order chi connectivity index (χ0) is 13.7. The van der Waals surface area contributed by atoms with Crippen LogP contribution in [0.15, 0.2) is 23.4 Å². The van der Waals surface area contributed by atoms with Crippen LogP contribution in [-0.2, 0) is 4.74 Å². The van der Waals surface area contributed by atoms with E-state index in [0.717, 1.165) is 23.2 Å². The first-order chi connectivity index (χ1) is 9.22. The van der Waals surface area contributed by atoms with Crippen molar-refractivity contribution in [3.63, 3.8) is 0 Å². The molecule has 5 nitrogen and oxygen atoms in total. The van der Waals surface area contributed by atoms with E-state index in [4.69, 9.17) is 4.74 Å². The minimum atomic E-state index is 0.709. The summed E-state index contributed by atoms with van der Waals surface area (Å²) in [6, 6.07) is 6.25. The van der Waals surface area contributed by atoms with Gasteiger partial charge in [-0.1, -0.05) is 29.5 Å². The van der Waals surface area contributed by atoms with Gasteiger partial charge in [-0.15, -0.1) is 5.10 Å². The third-order valence-electron chi connectivity index (χ3n) is 2.68. The number of benzene rings is 1. The number of aromatic nitrogens is 4. The topological polar surface area (TPSA) is 52.8 Å². The van der Waals surface area contributed by atoms with Crippen LogP contribution >= 0.6 is 11.8 Å². The van der Waals surface area contributed by atoms with Crippen LogP contribution in [-0.4, -0.2) is 39.2 Å². The van der Waals surface area contributed by atoms with E-state index in [9.17, 15) is 0 Å². The van der Waals surface area contributed by atoms with Crippen molar-refractivity contribution in [2.45, 2.75) is 25.9 Å². The summed E-state index contributed by atoms with van der Waals surface area (Å²) in [5.41, 5.74) is 3.42. The van der Waals surface area contributed by atoms with Gasteiger partial charge >= 0.3 is 0 Å². The van der Waals surface area contributed by atoms with Crippen molar-refractivity contribution in [2.24, 2.45) is 0 Å². The van der Waals surface area contributed by atoms with Crippen LogP contribution in [0.1, 0.15) is 18.1 Å². The van der Waals surface area contributed by atoms with E-state index >= 15 is 0 Å². The minimum Gasteiger partial charge on any atom is -0.381 e. The normalized spacial score (nSPS) is 10.9. The van der Waals surface area contributed by atoms with Crippen LogP contribution in [0.25, 0.3) is 5.69 Å². The molecular weight excluding hydrogens is 260 g/mol. The van der Waals surface area contributed by atoms with Crippen molar-refractivity contribution in [3.8, 4) is 5.69 Å². The molecule has 0 N–H and O–H groups in total. The second-order valence-electron chi connectivity index (χ2n) is 4.21. The Hall–Kier alpha value is -1.40. The van der Waals surface area contributed by atoms with E-state index in [1.807, 2.05) is 13.0 Å². The summed E-state index contributed by atoms with van der Waals surface area (Å²) in [4.78, 5) is 0. The van der Waals surface area contributed by atoms with Gasteiger partial charge in [-0.25, -0.2) is 0 Å². The molecular formula is C13H18N4OS. The highest BCUT2D eigenvalue weighted by Crippen LogP contribution is 2.21. The highest BCUT2D eigenvalue weighted by atomic mass is 32.2. The van der Waals surface area contributed by atoms with Crippen LogP contribution in [0.4, 0.5) is 0 Å². The zero-order valence-electron chi connectivity index (χ0n) is 11.5. The fourth-order valence-electron chi connectivity index (χ4n) is 1.80. The van der Waals surface area contributed by atoms with Gasteiger partial charge in [-0.05, 0) is 42.8 Å². The van der Waals surface area contributed by atoms with Crippen LogP contribution < -0.4 is 0 Å². The zero-order valence-corrected chi connectivity index (χ0v) is 12.3. The van der Waals surface area contributed by atoms with E-state index in [-0.39, 0.29) is 0 Å². The quantitative estimate of drug-likeness (QED) is 0.600. The predicted molar refractivity (Wildman–Crippen MR) is 75.8 cm³/mol. The minimum absolute atomic E-state index is 0.709. The third-order valence-corrected chi connectivity index (χ3v) is 3.57. The number of rotatable bonds is 6. The van der Waals surface area contributed by atoms with Gasteiger partial charge in [0.05, 0.1) is 12.3 Å². The van der Waals surface area contributed by atoms with Crippen LogP contribution in [0, 0.1) is 13.8 Å². The lowest BCUT2D eigenvalue weighted by Crippen LogP contribution is -2.03. The Morgan fingerprint density at radius 1 is 1.32 bits per heavy atom. The lowest BCUT2D eigenvalue weighted by molar-refractivity contribution is 0.164. The van der Waals surface area contributed by atoms with Crippen molar-refractivity contribution in [2.75, 3.05) is 19.0 Å². The molecule has 19 heavy (non-hydrogen) atoms. The van der Waals surface area contributed by atoms with E-state index < -0.39 is 0 Å². The molecule has 0 radical (unpaired) electrons. The van der Waals surface area contributed by atoms with E-state index in [1.165, 1.54) is 11.1 Å². The van der Waals surface area contributed by atoms with E-state index in [0.29, 0.717) is 6.61 Å². The Bertz CT molecular complexity index is 541. The van der Waals surface area contributed by atoms with Crippen molar-refractivity contribution in [1.29, 1.82) is 0 Å². The largest absolute Gasteiger partial charge is 0.381 e. The maximum absolute atomic E-state index is 5.32. The lowest BCUT2D eigenvalue weighted by atomic mass is 10.1. The highest BCUT2D eigenvalue weighted by Gasteiger charge is 2.10. The molecule has 2 rings (SSSR count). The van der Waals surface area contributed by atoms with Crippen LogP contribution in [0.2, 0.25) is 0 Å². The maximum atomic E-state index is 5.32. The predicted octanol–water partition coefficient (Wildman–Crippen LogP) is 2.41. The summed E-state index contributed by atoms with van der Waals surface area (Å²) in [5.74, 6) is 0.846. The smallest absolute Gasteiger partial charge is 0.214 e. The molecule has 2 aromatic rings.